The second-order valence-corrected chi connectivity index (χ2v) is 6.25. The van der Waals surface area contributed by atoms with Crippen LogP contribution in [0.3, 0.4) is 0 Å². The zero-order valence-corrected chi connectivity index (χ0v) is 13.4. The highest BCUT2D eigenvalue weighted by molar-refractivity contribution is 8.00. The fraction of sp³-hybridized carbons (Fsp3) is 0.133. The average Bonchev–Trinajstić information content (AvgIpc) is 3.02. The van der Waals surface area contributed by atoms with Gasteiger partial charge in [-0.05, 0) is 23.6 Å². The first-order valence-electron chi connectivity index (χ1n) is 6.51. The number of methoxy groups -OCH3 is 1. The molecule has 1 amide bonds. The van der Waals surface area contributed by atoms with Crippen LogP contribution in [0.5, 0.6) is 5.75 Å². The van der Waals surface area contributed by atoms with Crippen LogP contribution in [0.4, 0.5) is 5.69 Å². The number of thiophene rings is 1. The smallest absolute Gasteiger partial charge is 0.234 e. The summed E-state index contributed by atoms with van der Waals surface area (Å²) in [6.45, 7) is 0. The number of hydrogen-bond acceptors (Lipinski definition) is 6. The molecule has 1 aromatic carbocycles. The number of carbonyl (C=O) groups excluding carboxylic acids is 1. The summed E-state index contributed by atoms with van der Waals surface area (Å²) in [5, 5.41) is 6.64. The Labute approximate surface area is 135 Å². The Hall–Kier alpha value is -2.12. The number of thioether (sulfide) groups is 1. The van der Waals surface area contributed by atoms with E-state index in [2.05, 4.69) is 15.3 Å². The molecule has 0 aliphatic heterocycles. The van der Waals surface area contributed by atoms with E-state index in [0.717, 1.165) is 15.2 Å². The van der Waals surface area contributed by atoms with Gasteiger partial charge in [-0.3, -0.25) is 4.79 Å². The molecule has 1 N–H and O–H groups in total. The fourth-order valence-electron chi connectivity index (χ4n) is 1.91. The van der Waals surface area contributed by atoms with E-state index in [1.807, 2.05) is 29.6 Å². The van der Waals surface area contributed by atoms with E-state index in [1.165, 1.54) is 18.1 Å². The molecule has 112 valence electrons. The highest BCUT2D eigenvalue weighted by atomic mass is 32.2. The Kier molecular flexibility index (Phi) is 4.55. The summed E-state index contributed by atoms with van der Waals surface area (Å²) in [5.74, 6) is 0.917. The maximum atomic E-state index is 12.0. The van der Waals surface area contributed by atoms with Crippen LogP contribution in [0.1, 0.15) is 0 Å². The first-order chi connectivity index (χ1) is 10.8. The molecule has 2 aromatic heterocycles. The van der Waals surface area contributed by atoms with Gasteiger partial charge in [0.05, 0.1) is 12.9 Å². The molecule has 7 heteroatoms. The monoisotopic (exact) mass is 331 g/mol. The molecule has 5 nitrogen and oxygen atoms in total. The Morgan fingerprint density at radius 1 is 1.36 bits per heavy atom. The van der Waals surface area contributed by atoms with Crippen LogP contribution in [-0.2, 0) is 4.79 Å². The molecule has 0 aliphatic rings. The van der Waals surface area contributed by atoms with E-state index < -0.39 is 0 Å². The van der Waals surface area contributed by atoms with E-state index in [9.17, 15) is 4.79 Å². The lowest BCUT2D eigenvalue weighted by molar-refractivity contribution is -0.113. The Bertz CT molecular complexity index is 804. The molecule has 0 saturated heterocycles. The van der Waals surface area contributed by atoms with Gasteiger partial charge in [0, 0.05) is 17.1 Å². The van der Waals surface area contributed by atoms with Gasteiger partial charge in [0.25, 0.3) is 0 Å². The second-order valence-electron chi connectivity index (χ2n) is 4.39. The first kappa shape index (κ1) is 14.8. The van der Waals surface area contributed by atoms with Crippen molar-refractivity contribution in [2.24, 2.45) is 0 Å². The van der Waals surface area contributed by atoms with Crippen LogP contribution >= 0.6 is 23.1 Å². The van der Waals surface area contributed by atoms with E-state index >= 15 is 0 Å². The topological polar surface area (TPSA) is 64.1 Å². The van der Waals surface area contributed by atoms with Crippen LogP contribution in [0.15, 0.2) is 47.1 Å². The summed E-state index contributed by atoms with van der Waals surface area (Å²) in [4.78, 5) is 21.4. The summed E-state index contributed by atoms with van der Waals surface area (Å²) in [5.41, 5.74) is 0.716. The van der Waals surface area contributed by atoms with Crippen molar-refractivity contribution in [1.29, 1.82) is 0 Å². The molecular weight excluding hydrogens is 318 g/mol. The number of rotatable bonds is 5. The predicted octanol–water partition coefficient (Wildman–Crippen LogP) is 3.43. The quantitative estimate of drug-likeness (QED) is 0.573. The number of nitrogens with one attached hydrogen (secondary N) is 1. The van der Waals surface area contributed by atoms with Crippen LogP contribution in [0.25, 0.3) is 10.2 Å². The van der Waals surface area contributed by atoms with E-state index in [4.69, 9.17) is 4.74 Å². The number of ether oxygens (including phenoxy) is 1. The van der Waals surface area contributed by atoms with E-state index in [-0.39, 0.29) is 5.91 Å². The van der Waals surface area contributed by atoms with Gasteiger partial charge < -0.3 is 10.1 Å². The number of anilines is 1. The van der Waals surface area contributed by atoms with Crippen molar-refractivity contribution in [1.82, 2.24) is 9.97 Å². The maximum absolute atomic E-state index is 12.0. The number of aromatic nitrogens is 2. The number of benzene rings is 1. The molecule has 0 spiro atoms. The molecule has 0 saturated carbocycles. The summed E-state index contributed by atoms with van der Waals surface area (Å²) >= 11 is 2.97. The van der Waals surface area contributed by atoms with Gasteiger partial charge >= 0.3 is 0 Å². The standard InChI is InChI=1S/C15H13N3O2S2/c1-20-11-4-2-3-10(7-11)18-13(19)8-22-15-12-5-6-21-14(12)16-9-17-15/h2-7,9H,8H2,1H3,(H,18,19). The van der Waals surface area contributed by atoms with Crippen molar-refractivity contribution in [2.75, 3.05) is 18.2 Å². The zero-order valence-electron chi connectivity index (χ0n) is 11.8. The lowest BCUT2D eigenvalue weighted by Gasteiger charge is -2.07. The third kappa shape index (κ3) is 3.37. The molecule has 0 aliphatic carbocycles. The van der Waals surface area contributed by atoms with Crippen molar-refractivity contribution in [3.05, 3.63) is 42.0 Å². The third-order valence-electron chi connectivity index (χ3n) is 2.92. The molecule has 0 fully saturated rings. The van der Waals surface area contributed by atoms with Crippen LogP contribution in [0, 0.1) is 0 Å². The van der Waals surface area contributed by atoms with Crippen molar-refractivity contribution >= 4 is 44.9 Å². The molecule has 0 bridgehead atoms. The Morgan fingerprint density at radius 2 is 2.27 bits per heavy atom. The predicted molar refractivity (Wildman–Crippen MR) is 89.8 cm³/mol. The van der Waals surface area contributed by atoms with Crippen molar-refractivity contribution in [3.63, 3.8) is 0 Å². The molecule has 3 aromatic rings. The SMILES string of the molecule is COc1cccc(NC(=O)CSc2ncnc3sccc23)c1. The molecule has 0 radical (unpaired) electrons. The lowest BCUT2D eigenvalue weighted by atomic mass is 10.3. The number of hydrogen-bond donors (Lipinski definition) is 1. The lowest BCUT2D eigenvalue weighted by Crippen LogP contribution is -2.14. The van der Waals surface area contributed by atoms with Crippen molar-refractivity contribution < 1.29 is 9.53 Å². The van der Waals surface area contributed by atoms with Crippen molar-refractivity contribution in [3.8, 4) is 5.75 Å². The molecule has 2 heterocycles. The Morgan fingerprint density at radius 3 is 3.14 bits per heavy atom. The van der Waals surface area contributed by atoms with Gasteiger partial charge in [-0.2, -0.15) is 0 Å². The molecule has 0 atom stereocenters. The fourth-order valence-corrected chi connectivity index (χ4v) is 3.49. The number of nitrogens with zero attached hydrogens (tertiary/aromatic N) is 2. The van der Waals surface area contributed by atoms with Gasteiger partial charge in [-0.25, -0.2) is 9.97 Å². The van der Waals surface area contributed by atoms with Gasteiger partial charge in [0.2, 0.25) is 5.91 Å². The summed E-state index contributed by atoms with van der Waals surface area (Å²) < 4.78 is 5.13. The summed E-state index contributed by atoms with van der Waals surface area (Å²) in [6, 6.07) is 9.25. The Balaban J connectivity index is 1.63. The summed E-state index contributed by atoms with van der Waals surface area (Å²) in [7, 11) is 1.60. The van der Waals surface area contributed by atoms with Crippen LogP contribution in [-0.4, -0.2) is 28.7 Å². The molecular formula is C15H13N3O2S2. The van der Waals surface area contributed by atoms with Crippen molar-refractivity contribution in [2.45, 2.75) is 5.03 Å². The first-order valence-corrected chi connectivity index (χ1v) is 8.37. The molecule has 22 heavy (non-hydrogen) atoms. The highest BCUT2D eigenvalue weighted by Gasteiger charge is 2.09. The van der Waals surface area contributed by atoms with Gasteiger partial charge in [-0.15, -0.1) is 11.3 Å². The normalized spacial score (nSPS) is 10.6. The van der Waals surface area contributed by atoms with Crippen LogP contribution < -0.4 is 10.1 Å². The number of amides is 1. The highest BCUT2D eigenvalue weighted by Crippen LogP contribution is 2.27. The zero-order chi connectivity index (χ0) is 15.4. The van der Waals surface area contributed by atoms with E-state index in [0.29, 0.717) is 17.2 Å². The third-order valence-corrected chi connectivity index (χ3v) is 4.74. The minimum absolute atomic E-state index is 0.0831. The average molecular weight is 331 g/mol. The number of fused-ring (bicyclic) bond motifs is 1. The second kappa shape index (κ2) is 6.76. The maximum Gasteiger partial charge on any atom is 0.234 e. The molecule has 3 rings (SSSR count). The largest absolute Gasteiger partial charge is 0.497 e. The van der Waals surface area contributed by atoms with Gasteiger partial charge in [0.1, 0.15) is 21.9 Å². The minimum Gasteiger partial charge on any atom is -0.497 e. The van der Waals surface area contributed by atoms with Gasteiger partial charge in [-0.1, -0.05) is 17.8 Å². The van der Waals surface area contributed by atoms with E-state index in [1.54, 1.807) is 24.5 Å². The molecule has 0 unspecified atom stereocenters. The van der Waals surface area contributed by atoms with Gasteiger partial charge in [0.15, 0.2) is 0 Å². The number of carbonyl (C=O) groups is 1. The summed E-state index contributed by atoms with van der Waals surface area (Å²) in [6.07, 6.45) is 1.53. The minimum atomic E-state index is -0.0831. The van der Waals surface area contributed by atoms with Crippen LogP contribution in [0.2, 0.25) is 0 Å².